The average Bonchev–Trinajstić information content (AvgIpc) is 2.75. The molecule has 4 rings (SSSR count). The Morgan fingerprint density at radius 3 is 2.57 bits per heavy atom. The molecule has 0 saturated heterocycles. The van der Waals surface area contributed by atoms with Crippen molar-refractivity contribution in [3.63, 3.8) is 0 Å². The van der Waals surface area contributed by atoms with Crippen molar-refractivity contribution < 1.29 is 0 Å². The van der Waals surface area contributed by atoms with Crippen LogP contribution in [-0.4, -0.2) is 22.1 Å². The van der Waals surface area contributed by atoms with Crippen LogP contribution in [0, 0.1) is 0 Å². The van der Waals surface area contributed by atoms with Gasteiger partial charge in [-0.15, -0.1) is 0 Å². The Morgan fingerprint density at radius 2 is 1.77 bits per heavy atom. The molecule has 3 aromatic rings. The maximum Gasteiger partial charge on any atom is 0.126 e. The number of nitrogens with two attached hydrogens (primary N) is 1. The standard InChI is InChI=1S/C23H25Cl2N5/c24-16-4-1-3-15(11-16)13-27-22-6-2-5-21(30-22)19-12-23(28-14-20(19)25)29-18-9-7-17(26)8-10-18/h1-6,11-12,14,17-18H,7-10,13,26H2,(H,27,30)(H,28,29)/t17-,18-. The van der Waals surface area contributed by atoms with Gasteiger partial charge in [-0.2, -0.15) is 0 Å². The average molecular weight is 442 g/mol. The van der Waals surface area contributed by atoms with Crippen LogP contribution in [0.3, 0.4) is 0 Å². The van der Waals surface area contributed by atoms with Crippen molar-refractivity contribution in [2.45, 2.75) is 44.3 Å². The van der Waals surface area contributed by atoms with Gasteiger partial charge in [0.1, 0.15) is 11.6 Å². The predicted molar refractivity (Wildman–Crippen MR) is 125 cm³/mol. The Labute approximate surface area is 187 Å². The molecule has 2 heterocycles. The third-order valence-corrected chi connectivity index (χ3v) is 5.90. The number of rotatable bonds is 6. The van der Waals surface area contributed by atoms with Gasteiger partial charge < -0.3 is 16.4 Å². The fraction of sp³-hybridized carbons (Fsp3) is 0.304. The van der Waals surface area contributed by atoms with Crippen LogP contribution in [0.2, 0.25) is 10.0 Å². The number of nitrogens with one attached hydrogen (secondary N) is 2. The van der Waals surface area contributed by atoms with Crippen LogP contribution in [0.25, 0.3) is 11.3 Å². The lowest BCUT2D eigenvalue weighted by molar-refractivity contribution is 0.410. The lowest BCUT2D eigenvalue weighted by atomic mass is 9.92. The first-order valence-electron chi connectivity index (χ1n) is 10.2. The van der Waals surface area contributed by atoms with E-state index in [2.05, 4.69) is 15.6 Å². The van der Waals surface area contributed by atoms with E-state index >= 15 is 0 Å². The van der Waals surface area contributed by atoms with E-state index in [0.717, 1.165) is 59.2 Å². The molecule has 2 aromatic heterocycles. The molecule has 1 fully saturated rings. The van der Waals surface area contributed by atoms with Gasteiger partial charge in [0, 0.05) is 35.4 Å². The largest absolute Gasteiger partial charge is 0.367 e. The molecule has 0 spiro atoms. The summed E-state index contributed by atoms with van der Waals surface area (Å²) in [5.74, 6) is 1.59. The summed E-state index contributed by atoms with van der Waals surface area (Å²) in [6.07, 6.45) is 5.88. The summed E-state index contributed by atoms with van der Waals surface area (Å²) in [7, 11) is 0. The molecular weight excluding hydrogens is 417 g/mol. The van der Waals surface area contributed by atoms with Gasteiger partial charge in [0.25, 0.3) is 0 Å². The minimum Gasteiger partial charge on any atom is -0.367 e. The Morgan fingerprint density at radius 1 is 0.967 bits per heavy atom. The van der Waals surface area contributed by atoms with Gasteiger partial charge in [-0.05, 0) is 61.6 Å². The molecule has 0 unspecified atom stereocenters. The molecule has 1 saturated carbocycles. The summed E-state index contributed by atoms with van der Waals surface area (Å²) >= 11 is 12.5. The second-order valence-corrected chi connectivity index (χ2v) is 8.54. The Kier molecular flexibility index (Phi) is 6.72. The molecule has 30 heavy (non-hydrogen) atoms. The van der Waals surface area contributed by atoms with E-state index in [4.69, 9.17) is 33.9 Å². The Bertz CT molecular complexity index is 1000. The molecule has 1 aliphatic carbocycles. The first kappa shape index (κ1) is 20.9. The van der Waals surface area contributed by atoms with Gasteiger partial charge in [0.2, 0.25) is 0 Å². The second-order valence-electron chi connectivity index (χ2n) is 7.70. The van der Waals surface area contributed by atoms with Crippen LogP contribution < -0.4 is 16.4 Å². The Balaban J connectivity index is 1.48. The third-order valence-electron chi connectivity index (χ3n) is 5.37. The topological polar surface area (TPSA) is 75.9 Å². The fourth-order valence-electron chi connectivity index (χ4n) is 3.71. The summed E-state index contributed by atoms with van der Waals surface area (Å²) < 4.78 is 0. The molecule has 1 aromatic carbocycles. The minimum atomic E-state index is 0.322. The number of nitrogens with zero attached hydrogens (tertiary/aromatic N) is 2. The van der Waals surface area contributed by atoms with Crippen molar-refractivity contribution in [2.75, 3.05) is 10.6 Å². The molecule has 0 aliphatic heterocycles. The molecule has 0 atom stereocenters. The molecule has 1 aliphatic rings. The van der Waals surface area contributed by atoms with Crippen molar-refractivity contribution in [1.82, 2.24) is 9.97 Å². The van der Waals surface area contributed by atoms with E-state index in [-0.39, 0.29) is 0 Å². The SMILES string of the molecule is N[C@H]1CC[C@H](Nc2cc(-c3cccc(NCc4cccc(Cl)c4)n3)c(Cl)cn2)CC1. The van der Waals surface area contributed by atoms with Gasteiger partial charge in [0.15, 0.2) is 0 Å². The third kappa shape index (κ3) is 5.42. The van der Waals surface area contributed by atoms with Crippen LogP contribution in [0.1, 0.15) is 31.2 Å². The highest BCUT2D eigenvalue weighted by atomic mass is 35.5. The van der Waals surface area contributed by atoms with Gasteiger partial charge >= 0.3 is 0 Å². The van der Waals surface area contributed by atoms with E-state index in [1.54, 1.807) is 6.20 Å². The molecule has 0 amide bonds. The minimum absolute atomic E-state index is 0.322. The summed E-state index contributed by atoms with van der Waals surface area (Å²) in [4.78, 5) is 9.19. The van der Waals surface area contributed by atoms with Crippen molar-refractivity contribution in [2.24, 2.45) is 5.73 Å². The van der Waals surface area contributed by atoms with Crippen LogP contribution in [0.4, 0.5) is 11.6 Å². The van der Waals surface area contributed by atoms with E-state index in [1.807, 2.05) is 48.5 Å². The van der Waals surface area contributed by atoms with Crippen molar-refractivity contribution in [1.29, 1.82) is 0 Å². The quantitative estimate of drug-likeness (QED) is 0.454. The highest BCUT2D eigenvalue weighted by Crippen LogP contribution is 2.30. The fourth-order valence-corrected chi connectivity index (χ4v) is 4.12. The van der Waals surface area contributed by atoms with Crippen molar-refractivity contribution >= 4 is 34.8 Å². The molecule has 0 radical (unpaired) electrons. The van der Waals surface area contributed by atoms with Gasteiger partial charge in [-0.25, -0.2) is 9.97 Å². The molecular formula is C23H25Cl2N5. The van der Waals surface area contributed by atoms with Gasteiger partial charge in [-0.1, -0.05) is 41.4 Å². The zero-order valence-electron chi connectivity index (χ0n) is 16.6. The highest BCUT2D eigenvalue weighted by molar-refractivity contribution is 6.33. The number of hydrogen-bond donors (Lipinski definition) is 3. The van der Waals surface area contributed by atoms with Crippen LogP contribution in [-0.2, 0) is 6.54 Å². The second kappa shape index (κ2) is 9.65. The monoisotopic (exact) mass is 441 g/mol. The van der Waals surface area contributed by atoms with Gasteiger partial charge in [0.05, 0.1) is 10.7 Å². The summed E-state index contributed by atoms with van der Waals surface area (Å²) in [6, 6.07) is 16.3. The van der Waals surface area contributed by atoms with E-state index in [1.165, 1.54) is 0 Å². The summed E-state index contributed by atoms with van der Waals surface area (Å²) in [6.45, 7) is 0.637. The maximum atomic E-state index is 6.45. The number of benzene rings is 1. The molecule has 0 bridgehead atoms. The van der Waals surface area contributed by atoms with Crippen LogP contribution in [0.5, 0.6) is 0 Å². The molecule has 4 N–H and O–H groups in total. The smallest absolute Gasteiger partial charge is 0.126 e. The zero-order chi connectivity index (χ0) is 20.9. The van der Waals surface area contributed by atoms with E-state index < -0.39 is 0 Å². The zero-order valence-corrected chi connectivity index (χ0v) is 18.1. The van der Waals surface area contributed by atoms with E-state index in [9.17, 15) is 0 Å². The first-order chi connectivity index (χ1) is 14.6. The molecule has 7 heteroatoms. The normalized spacial score (nSPS) is 18.8. The molecule has 156 valence electrons. The lowest BCUT2D eigenvalue weighted by Gasteiger charge is -2.27. The van der Waals surface area contributed by atoms with Crippen molar-refractivity contribution in [3.05, 3.63) is 70.3 Å². The van der Waals surface area contributed by atoms with Crippen LogP contribution in [0.15, 0.2) is 54.7 Å². The number of hydrogen-bond acceptors (Lipinski definition) is 5. The predicted octanol–water partition coefficient (Wildman–Crippen LogP) is 5.74. The lowest BCUT2D eigenvalue weighted by Crippen LogP contribution is -2.33. The number of halogens is 2. The summed E-state index contributed by atoms with van der Waals surface area (Å²) in [5, 5.41) is 8.17. The maximum absolute atomic E-state index is 6.45. The van der Waals surface area contributed by atoms with Gasteiger partial charge in [-0.3, -0.25) is 0 Å². The first-order valence-corrected chi connectivity index (χ1v) is 11.0. The van der Waals surface area contributed by atoms with E-state index in [0.29, 0.717) is 23.7 Å². The highest BCUT2D eigenvalue weighted by Gasteiger charge is 2.19. The number of anilines is 2. The molecule has 5 nitrogen and oxygen atoms in total. The number of aromatic nitrogens is 2. The van der Waals surface area contributed by atoms with Crippen molar-refractivity contribution in [3.8, 4) is 11.3 Å². The number of pyridine rings is 2. The summed E-state index contributed by atoms with van der Waals surface area (Å²) in [5.41, 5.74) is 8.76. The van der Waals surface area contributed by atoms with Crippen LogP contribution >= 0.6 is 23.2 Å². The Hall–Kier alpha value is -2.34.